The minimum atomic E-state index is -0.323. The zero-order valence-corrected chi connectivity index (χ0v) is 11.0. The maximum Gasteiger partial charge on any atom is 0.347 e. The number of aromatic nitrogens is 2. The summed E-state index contributed by atoms with van der Waals surface area (Å²) in [6.07, 6.45) is 3.12. The molecule has 0 spiro atoms. The molecule has 1 aromatic carbocycles. The van der Waals surface area contributed by atoms with E-state index in [9.17, 15) is 4.79 Å². The summed E-state index contributed by atoms with van der Waals surface area (Å²) >= 11 is 0. The van der Waals surface area contributed by atoms with E-state index in [1.54, 1.807) is 31.5 Å². The normalized spacial score (nSPS) is 9.70. The molecule has 0 aliphatic carbocycles. The van der Waals surface area contributed by atoms with Crippen molar-refractivity contribution in [2.24, 2.45) is 0 Å². The third-order valence-electron chi connectivity index (χ3n) is 2.74. The van der Waals surface area contributed by atoms with Crippen molar-refractivity contribution >= 4 is 0 Å². The number of aliphatic hydroxyl groups is 1. The molecule has 0 radical (unpaired) electrons. The molecular formula is C15H14N2O3. The molecule has 0 atom stereocenters. The predicted octanol–water partition coefficient (Wildman–Crippen LogP) is 0.644. The topological polar surface area (TPSA) is 64.3 Å². The van der Waals surface area contributed by atoms with E-state index in [0.29, 0.717) is 12.3 Å². The zero-order chi connectivity index (χ0) is 14.4. The Bertz CT molecular complexity index is 711. The number of nitrogens with zero attached hydrogens (tertiary/aromatic N) is 2. The first kappa shape index (κ1) is 13.8. The van der Waals surface area contributed by atoms with Gasteiger partial charge >= 0.3 is 5.69 Å². The van der Waals surface area contributed by atoms with Crippen molar-refractivity contribution in [3.8, 4) is 17.6 Å². The first-order valence-corrected chi connectivity index (χ1v) is 6.02. The van der Waals surface area contributed by atoms with Crippen LogP contribution in [-0.4, -0.2) is 28.4 Å². The average Bonchev–Trinajstić information content (AvgIpc) is 2.48. The highest BCUT2D eigenvalue weighted by molar-refractivity contribution is 5.45. The lowest BCUT2D eigenvalue weighted by Gasteiger charge is -2.09. The summed E-state index contributed by atoms with van der Waals surface area (Å²) in [4.78, 5) is 15.4. The lowest BCUT2D eigenvalue weighted by molar-refractivity contribution is 0.350. The van der Waals surface area contributed by atoms with Crippen molar-refractivity contribution in [3.63, 3.8) is 0 Å². The Morgan fingerprint density at radius 2 is 2.30 bits per heavy atom. The van der Waals surface area contributed by atoms with Gasteiger partial charge in [0.1, 0.15) is 12.4 Å². The van der Waals surface area contributed by atoms with Crippen LogP contribution in [-0.2, 0) is 6.54 Å². The van der Waals surface area contributed by atoms with Gasteiger partial charge in [-0.15, -0.1) is 0 Å². The van der Waals surface area contributed by atoms with Gasteiger partial charge in [-0.2, -0.15) is 0 Å². The standard InChI is InChI=1S/C15H14N2O3/c1-20-14-6-5-12(4-2-9-18)13(10-14)11-17-8-3-7-16-15(17)19/h3,5-8,10,18H,9,11H2,1H3. The van der Waals surface area contributed by atoms with Crippen LogP contribution in [0.25, 0.3) is 0 Å². The molecule has 5 nitrogen and oxygen atoms in total. The molecule has 0 fully saturated rings. The minimum absolute atomic E-state index is 0.210. The van der Waals surface area contributed by atoms with E-state index in [1.165, 1.54) is 10.8 Å². The summed E-state index contributed by atoms with van der Waals surface area (Å²) < 4.78 is 6.67. The summed E-state index contributed by atoms with van der Waals surface area (Å²) in [5.74, 6) is 6.15. The van der Waals surface area contributed by atoms with Crippen LogP contribution in [0.15, 0.2) is 41.5 Å². The van der Waals surface area contributed by atoms with Gasteiger partial charge in [0.15, 0.2) is 0 Å². The predicted molar refractivity (Wildman–Crippen MR) is 74.6 cm³/mol. The van der Waals surface area contributed by atoms with Gasteiger partial charge in [-0.1, -0.05) is 11.8 Å². The van der Waals surface area contributed by atoms with Crippen LogP contribution < -0.4 is 10.4 Å². The van der Waals surface area contributed by atoms with Crippen molar-refractivity contribution in [2.75, 3.05) is 13.7 Å². The molecule has 2 rings (SSSR count). The molecule has 102 valence electrons. The maximum atomic E-state index is 11.6. The van der Waals surface area contributed by atoms with Crippen LogP contribution in [0.4, 0.5) is 0 Å². The second-order valence-corrected chi connectivity index (χ2v) is 4.01. The molecule has 0 saturated heterocycles. The number of rotatable bonds is 3. The van der Waals surface area contributed by atoms with Crippen LogP contribution in [0.5, 0.6) is 5.75 Å². The van der Waals surface area contributed by atoms with Crippen molar-refractivity contribution in [2.45, 2.75) is 6.54 Å². The zero-order valence-electron chi connectivity index (χ0n) is 11.0. The van der Waals surface area contributed by atoms with Crippen molar-refractivity contribution in [1.82, 2.24) is 9.55 Å². The van der Waals surface area contributed by atoms with E-state index in [2.05, 4.69) is 16.8 Å². The highest BCUT2D eigenvalue weighted by atomic mass is 16.5. The summed E-state index contributed by atoms with van der Waals surface area (Å²) in [5.41, 5.74) is 1.26. The Labute approximate surface area is 116 Å². The van der Waals surface area contributed by atoms with Gasteiger partial charge in [-0.3, -0.25) is 4.57 Å². The highest BCUT2D eigenvalue weighted by Crippen LogP contribution is 2.17. The van der Waals surface area contributed by atoms with Crippen molar-refractivity contribution in [1.29, 1.82) is 0 Å². The molecule has 1 aromatic heterocycles. The second kappa shape index (κ2) is 6.55. The third kappa shape index (κ3) is 3.25. The van der Waals surface area contributed by atoms with E-state index in [1.807, 2.05) is 6.07 Å². The molecule has 0 bridgehead atoms. The van der Waals surface area contributed by atoms with E-state index < -0.39 is 0 Å². The molecule has 2 aromatic rings. The van der Waals surface area contributed by atoms with E-state index in [0.717, 1.165) is 11.1 Å². The summed E-state index contributed by atoms with van der Waals surface area (Å²) in [6, 6.07) is 7.11. The van der Waals surface area contributed by atoms with Gasteiger partial charge in [0.2, 0.25) is 0 Å². The summed E-state index contributed by atoms with van der Waals surface area (Å²) in [6.45, 7) is 0.137. The average molecular weight is 270 g/mol. The number of methoxy groups -OCH3 is 1. The molecule has 0 amide bonds. The van der Waals surface area contributed by atoms with Gasteiger partial charge in [-0.05, 0) is 29.8 Å². The summed E-state index contributed by atoms with van der Waals surface area (Å²) in [7, 11) is 1.58. The quantitative estimate of drug-likeness (QED) is 0.831. The number of aliphatic hydroxyl groups excluding tert-OH is 1. The molecule has 20 heavy (non-hydrogen) atoms. The lowest BCUT2D eigenvalue weighted by atomic mass is 10.1. The van der Waals surface area contributed by atoms with Crippen LogP contribution in [0, 0.1) is 11.8 Å². The fraction of sp³-hybridized carbons (Fsp3) is 0.200. The molecule has 1 heterocycles. The molecule has 0 unspecified atom stereocenters. The van der Waals surface area contributed by atoms with Crippen LogP contribution in [0.3, 0.4) is 0 Å². The molecule has 1 N–H and O–H groups in total. The van der Waals surface area contributed by atoms with Gasteiger partial charge in [0.05, 0.1) is 13.7 Å². The Morgan fingerprint density at radius 1 is 1.45 bits per heavy atom. The van der Waals surface area contributed by atoms with Gasteiger partial charge < -0.3 is 9.84 Å². The third-order valence-corrected chi connectivity index (χ3v) is 2.74. The first-order chi connectivity index (χ1) is 9.74. The number of hydrogen-bond donors (Lipinski definition) is 1. The second-order valence-electron chi connectivity index (χ2n) is 4.01. The van der Waals surface area contributed by atoms with E-state index in [4.69, 9.17) is 9.84 Å². The smallest absolute Gasteiger partial charge is 0.347 e. The number of benzene rings is 1. The minimum Gasteiger partial charge on any atom is -0.497 e. The first-order valence-electron chi connectivity index (χ1n) is 6.02. The molecule has 0 aliphatic rings. The van der Waals surface area contributed by atoms with Crippen LogP contribution in [0.1, 0.15) is 11.1 Å². The largest absolute Gasteiger partial charge is 0.497 e. The Morgan fingerprint density at radius 3 is 3.00 bits per heavy atom. The molecule has 0 aliphatic heterocycles. The monoisotopic (exact) mass is 270 g/mol. The van der Waals surface area contributed by atoms with Crippen LogP contribution >= 0.6 is 0 Å². The Balaban J connectivity index is 2.42. The highest BCUT2D eigenvalue weighted by Gasteiger charge is 2.05. The van der Waals surface area contributed by atoms with Crippen molar-refractivity contribution < 1.29 is 9.84 Å². The van der Waals surface area contributed by atoms with Crippen molar-refractivity contribution in [3.05, 3.63) is 58.3 Å². The van der Waals surface area contributed by atoms with Gasteiger partial charge in [0.25, 0.3) is 0 Å². The lowest BCUT2D eigenvalue weighted by Crippen LogP contribution is -2.22. The maximum absolute atomic E-state index is 11.6. The van der Waals surface area contributed by atoms with E-state index >= 15 is 0 Å². The molecule has 0 saturated carbocycles. The molecular weight excluding hydrogens is 256 g/mol. The Kier molecular flexibility index (Phi) is 4.53. The van der Waals surface area contributed by atoms with Gasteiger partial charge in [0, 0.05) is 18.0 Å². The fourth-order valence-electron chi connectivity index (χ4n) is 1.78. The summed E-state index contributed by atoms with van der Waals surface area (Å²) in [5, 5.41) is 8.79. The molecule has 5 heteroatoms. The SMILES string of the molecule is COc1ccc(C#CCO)c(Cn2cccnc2=O)c1. The number of hydrogen-bond acceptors (Lipinski definition) is 4. The van der Waals surface area contributed by atoms with Gasteiger partial charge in [-0.25, -0.2) is 9.78 Å². The fourth-order valence-corrected chi connectivity index (χ4v) is 1.78. The van der Waals surface area contributed by atoms with Crippen LogP contribution in [0.2, 0.25) is 0 Å². The van der Waals surface area contributed by atoms with E-state index in [-0.39, 0.29) is 12.3 Å². The number of ether oxygens (including phenoxy) is 1. The Hall–Kier alpha value is -2.58.